The summed E-state index contributed by atoms with van der Waals surface area (Å²) in [6.07, 6.45) is 2.94. The molecule has 1 aromatic heterocycles. The van der Waals surface area contributed by atoms with Gasteiger partial charge in [-0.15, -0.1) is 0 Å². The molecule has 0 saturated heterocycles. The standard InChI is InChI=1S/C9H17N3/c1-5-6-12-10-7-8(11-12)9(2,3)4/h7H,5-6H2,1-4H3. The Hall–Kier alpha value is -0.860. The Labute approximate surface area is 73.8 Å². The van der Waals surface area contributed by atoms with Gasteiger partial charge in [0.1, 0.15) is 0 Å². The van der Waals surface area contributed by atoms with E-state index in [-0.39, 0.29) is 5.41 Å². The zero-order valence-corrected chi connectivity index (χ0v) is 8.33. The third-order valence-electron chi connectivity index (χ3n) is 1.73. The van der Waals surface area contributed by atoms with Crippen molar-refractivity contribution in [3.63, 3.8) is 0 Å². The van der Waals surface area contributed by atoms with Gasteiger partial charge in [0.2, 0.25) is 0 Å². The second-order valence-corrected chi connectivity index (χ2v) is 4.08. The summed E-state index contributed by atoms with van der Waals surface area (Å²) < 4.78 is 0. The van der Waals surface area contributed by atoms with Crippen LogP contribution in [0.25, 0.3) is 0 Å². The van der Waals surface area contributed by atoms with Gasteiger partial charge in [-0.25, -0.2) is 0 Å². The Morgan fingerprint density at radius 3 is 2.50 bits per heavy atom. The molecule has 0 fully saturated rings. The molecule has 1 heterocycles. The minimum atomic E-state index is 0.117. The highest BCUT2D eigenvalue weighted by Gasteiger charge is 2.17. The molecule has 0 aliphatic carbocycles. The fourth-order valence-electron chi connectivity index (χ4n) is 0.949. The molecule has 0 saturated carbocycles. The van der Waals surface area contributed by atoms with Crippen molar-refractivity contribution < 1.29 is 0 Å². The predicted octanol–water partition coefficient (Wildman–Crippen LogP) is 1.99. The first-order valence-electron chi connectivity index (χ1n) is 4.44. The van der Waals surface area contributed by atoms with Gasteiger partial charge in [0.05, 0.1) is 18.4 Å². The van der Waals surface area contributed by atoms with Gasteiger partial charge in [-0.3, -0.25) is 0 Å². The molecule has 68 valence electrons. The van der Waals surface area contributed by atoms with Crippen LogP contribution in [0.3, 0.4) is 0 Å². The molecule has 0 aliphatic rings. The van der Waals surface area contributed by atoms with E-state index in [1.165, 1.54) is 0 Å². The van der Waals surface area contributed by atoms with Crippen molar-refractivity contribution in [2.45, 2.75) is 46.1 Å². The average molecular weight is 167 g/mol. The molecule has 0 unspecified atom stereocenters. The molecule has 0 amide bonds. The fraction of sp³-hybridized carbons (Fsp3) is 0.778. The highest BCUT2D eigenvalue weighted by atomic mass is 15.5. The van der Waals surface area contributed by atoms with Crippen molar-refractivity contribution in [3.05, 3.63) is 11.9 Å². The molecular formula is C9H17N3. The summed E-state index contributed by atoms with van der Waals surface area (Å²) in [7, 11) is 0. The summed E-state index contributed by atoms with van der Waals surface area (Å²) >= 11 is 0. The molecule has 0 radical (unpaired) electrons. The maximum Gasteiger partial charge on any atom is 0.0880 e. The lowest BCUT2D eigenvalue weighted by molar-refractivity contribution is 0.498. The Morgan fingerprint density at radius 2 is 2.08 bits per heavy atom. The lowest BCUT2D eigenvalue weighted by Crippen LogP contribution is -2.13. The minimum Gasteiger partial charge on any atom is -0.185 e. The second kappa shape index (κ2) is 3.25. The molecule has 1 rings (SSSR count). The first-order valence-corrected chi connectivity index (χ1v) is 4.44. The molecule has 12 heavy (non-hydrogen) atoms. The summed E-state index contributed by atoms with van der Waals surface area (Å²) in [4.78, 5) is 1.76. The number of hydrogen-bond acceptors (Lipinski definition) is 2. The Kier molecular flexibility index (Phi) is 2.50. The van der Waals surface area contributed by atoms with E-state index in [2.05, 4.69) is 37.9 Å². The van der Waals surface area contributed by atoms with Crippen LogP contribution in [-0.2, 0) is 12.0 Å². The molecule has 0 atom stereocenters. The van der Waals surface area contributed by atoms with Crippen molar-refractivity contribution >= 4 is 0 Å². The molecule has 3 heteroatoms. The SMILES string of the molecule is CCCn1ncc(C(C)(C)C)n1. The number of nitrogens with zero attached hydrogens (tertiary/aromatic N) is 3. The van der Waals surface area contributed by atoms with E-state index >= 15 is 0 Å². The van der Waals surface area contributed by atoms with Gasteiger partial charge in [0.25, 0.3) is 0 Å². The van der Waals surface area contributed by atoms with Crippen LogP contribution in [0.15, 0.2) is 6.20 Å². The zero-order valence-electron chi connectivity index (χ0n) is 8.33. The van der Waals surface area contributed by atoms with Crippen LogP contribution < -0.4 is 0 Å². The van der Waals surface area contributed by atoms with Crippen LogP contribution >= 0.6 is 0 Å². The number of aryl methyl sites for hydroxylation is 1. The van der Waals surface area contributed by atoms with E-state index < -0.39 is 0 Å². The maximum atomic E-state index is 4.38. The largest absolute Gasteiger partial charge is 0.185 e. The molecule has 0 N–H and O–H groups in total. The van der Waals surface area contributed by atoms with Crippen molar-refractivity contribution in [1.29, 1.82) is 0 Å². The zero-order chi connectivity index (χ0) is 9.19. The Bertz CT molecular complexity index is 245. The van der Waals surface area contributed by atoms with Crippen molar-refractivity contribution in [2.24, 2.45) is 0 Å². The number of rotatable bonds is 2. The van der Waals surface area contributed by atoms with Crippen LogP contribution in [0, 0.1) is 0 Å². The highest BCUT2D eigenvalue weighted by molar-refractivity contribution is 5.05. The monoisotopic (exact) mass is 167 g/mol. The fourth-order valence-corrected chi connectivity index (χ4v) is 0.949. The Morgan fingerprint density at radius 1 is 1.42 bits per heavy atom. The lowest BCUT2D eigenvalue weighted by atomic mass is 9.93. The van der Waals surface area contributed by atoms with Crippen LogP contribution in [-0.4, -0.2) is 15.0 Å². The molecule has 0 bridgehead atoms. The van der Waals surface area contributed by atoms with Crippen LogP contribution in [0.5, 0.6) is 0 Å². The molecule has 0 aromatic carbocycles. The van der Waals surface area contributed by atoms with E-state index in [4.69, 9.17) is 0 Å². The summed E-state index contributed by atoms with van der Waals surface area (Å²) in [6, 6.07) is 0. The smallest absolute Gasteiger partial charge is 0.0880 e. The van der Waals surface area contributed by atoms with E-state index in [1.54, 1.807) is 4.80 Å². The van der Waals surface area contributed by atoms with Crippen LogP contribution in [0.1, 0.15) is 39.8 Å². The quantitative estimate of drug-likeness (QED) is 0.674. The molecular weight excluding hydrogens is 150 g/mol. The van der Waals surface area contributed by atoms with Gasteiger partial charge in [-0.1, -0.05) is 27.7 Å². The molecule has 0 spiro atoms. The van der Waals surface area contributed by atoms with Crippen molar-refractivity contribution in [1.82, 2.24) is 15.0 Å². The summed E-state index contributed by atoms with van der Waals surface area (Å²) in [6.45, 7) is 9.48. The minimum absolute atomic E-state index is 0.117. The van der Waals surface area contributed by atoms with Crippen LogP contribution in [0.4, 0.5) is 0 Å². The van der Waals surface area contributed by atoms with Gasteiger partial charge in [0, 0.05) is 5.41 Å². The van der Waals surface area contributed by atoms with E-state index in [0.29, 0.717) is 0 Å². The lowest BCUT2D eigenvalue weighted by Gasteiger charge is -2.13. The average Bonchev–Trinajstić information content (AvgIpc) is 2.35. The van der Waals surface area contributed by atoms with Gasteiger partial charge >= 0.3 is 0 Å². The third kappa shape index (κ3) is 2.06. The topological polar surface area (TPSA) is 30.7 Å². The summed E-state index contributed by atoms with van der Waals surface area (Å²) in [5, 5.41) is 8.55. The van der Waals surface area contributed by atoms with Gasteiger partial charge in [-0.05, 0) is 6.42 Å². The molecule has 0 aliphatic heterocycles. The molecule has 1 aromatic rings. The van der Waals surface area contributed by atoms with Gasteiger partial charge in [-0.2, -0.15) is 15.0 Å². The highest BCUT2D eigenvalue weighted by Crippen LogP contribution is 2.18. The number of hydrogen-bond donors (Lipinski definition) is 0. The van der Waals surface area contributed by atoms with E-state index in [1.807, 2.05) is 6.20 Å². The maximum absolute atomic E-state index is 4.38. The first-order chi connectivity index (χ1) is 5.54. The van der Waals surface area contributed by atoms with Crippen molar-refractivity contribution in [3.8, 4) is 0 Å². The normalized spacial score (nSPS) is 12.0. The summed E-state index contributed by atoms with van der Waals surface area (Å²) in [5.74, 6) is 0. The van der Waals surface area contributed by atoms with Gasteiger partial charge in [0.15, 0.2) is 0 Å². The molecule has 3 nitrogen and oxygen atoms in total. The van der Waals surface area contributed by atoms with E-state index in [0.717, 1.165) is 18.7 Å². The van der Waals surface area contributed by atoms with Gasteiger partial charge < -0.3 is 0 Å². The van der Waals surface area contributed by atoms with E-state index in [9.17, 15) is 0 Å². The number of aromatic nitrogens is 3. The second-order valence-electron chi connectivity index (χ2n) is 4.08. The Balaban J connectivity index is 2.77. The predicted molar refractivity (Wildman–Crippen MR) is 49.0 cm³/mol. The van der Waals surface area contributed by atoms with Crippen molar-refractivity contribution in [2.75, 3.05) is 0 Å². The van der Waals surface area contributed by atoms with Crippen LogP contribution in [0.2, 0.25) is 0 Å². The third-order valence-corrected chi connectivity index (χ3v) is 1.73. The first kappa shape index (κ1) is 9.23. The summed E-state index contributed by atoms with van der Waals surface area (Å²) in [5.41, 5.74) is 1.18.